The summed E-state index contributed by atoms with van der Waals surface area (Å²) < 4.78 is 35.6. The van der Waals surface area contributed by atoms with Gasteiger partial charge in [0.05, 0.1) is 4.92 Å². The number of hydrogen-bond acceptors (Lipinski definition) is 5. The number of nitrogens with zero attached hydrogens (tertiary/aromatic N) is 1. The van der Waals surface area contributed by atoms with Gasteiger partial charge in [0, 0.05) is 12.1 Å². The van der Waals surface area contributed by atoms with Crippen LogP contribution in [-0.4, -0.2) is 29.2 Å². The Morgan fingerprint density at radius 3 is 2.44 bits per heavy atom. The molecule has 0 radical (unpaired) electrons. The fourth-order valence-corrected chi connectivity index (χ4v) is 2.84. The lowest BCUT2D eigenvalue weighted by Gasteiger charge is -2.03. The van der Waals surface area contributed by atoms with Crippen LogP contribution in [0.15, 0.2) is 24.3 Å². The molecule has 0 aliphatic carbocycles. The summed E-state index contributed by atoms with van der Waals surface area (Å²) in [6, 6.07) is 5.67. The van der Waals surface area contributed by atoms with Gasteiger partial charge >= 0.3 is 0 Å². The van der Waals surface area contributed by atoms with Crippen molar-refractivity contribution in [3.05, 3.63) is 39.9 Å². The van der Waals surface area contributed by atoms with Gasteiger partial charge in [-0.15, -0.1) is 0 Å². The predicted octanol–water partition coefficient (Wildman–Crippen LogP) is 1.31. The number of rotatable bonds is 4. The van der Waals surface area contributed by atoms with E-state index in [4.69, 9.17) is 9.29 Å². The zero-order chi connectivity index (χ0) is 13.6. The van der Waals surface area contributed by atoms with Crippen molar-refractivity contribution in [2.45, 2.75) is 18.6 Å². The summed E-state index contributed by atoms with van der Waals surface area (Å²) in [5, 5.41) is 10.5. The van der Waals surface area contributed by atoms with Gasteiger partial charge in [-0.25, -0.2) is 0 Å². The molecule has 0 saturated carbocycles. The maximum absolute atomic E-state index is 10.8. The highest BCUT2D eigenvalue weighted by atomic mass is 32.2. The minimum Gasteiger partial charge on any atom is -0.360 e. The van der Waals surface area contributed by atoms with Gasteiger partial charge in [0.25, 0.3) is 15.8 Å². The second kappa shape index (κ2) is 4.01. The Labute approximate surface area is 103 Å². The molecule has 1 heterocycles. The summed E-state index contributed by atoms with van der Waals surface area (Å²) in [6.07, 6.45) is -0.472. The quantitative estimate of drug-likeness (QED) is 0.383. The van der Waals surface area contributed by atoms with Crippen molar-refractivity contribution in [1.82, 2.24) is 0 Å². The molecule has 1 aliphatic rings. The number of epoxide rings is 1. The van der Waals surface area contributed by atoms with Crippen LogP contribution in [0, 0.1) is 10.1 Å². The van der Waals surface area contributed by atoms with E-state index >= 15 is 0 Å². The van der Waals surface area contributed by atoms with Gasteiger partial charge < -0.3 is 4.74 Å². The van der Waals surface area contributed by atoms with Gasteiger partial charge in [-0.3, -0.25) is 14.7 Å². The van der Waals surface area contributed by atoms with Crippen LogP contribution in [0.4, 0.5) is 5.69 Å². The van der Waals surface area contributed by atoms with Crippen molar-refractivity contribution in [3.8, 4) is 0 Å². The van der Waals surface area contributed by atoms with E-state index in [1.807, 2.05) is 0 Å². The molecule has 18 heavy (non-hydrogen) atoms. The topological polar surface area (TPSA) is 110 Å². The summed E-state index contributed by atoms with van der Waals surface area (Å²) in [5.41, 5.74) is -0.369. The number of benzene rings is 1. The van der Waals surface area contributed by atoms with Crippen molar-refractivity contribution >= 4 is 15.8 Å². The van der Waals surface area contributed by atoms with Gasteiger partial charge in [0.15, 0.2) is 0 Å². The summed E-state index contributed by atoms with van der Waals surface area (Å²) in [4.78, 5) is 9.96. The molecule has 8 heteroatoms. The van der Waals surface area contributed by atoms with Crippen LogP contribution in [0.5, 0.6) is 0 Å². The molecule has 1 aromatic carbocycles. The van der Waals surface area contributed by atoms with Crippen molar-refractivity contribution < 1.29 is 22.6 Å². The molecule has 1 saturated heterocycles. The molecule has 2 rings (SSSR count). The molecular weight excluding hydrogens is 262 g/mol. The van der Waals surface area contributed by atoms with E-state index in [2.05, 4.69) is 0 Å². The van der Waals surface area contributed by atoms with E-state index in [-0.39, 0.29) is 5.69 Å². The van der Waals surface area contributed by atoms with Crippen molar-refractivity contribution in [3.63, 3.8) is 0 Å². The highest BCUT2D eigenvalue weighted by molar-refractivity contribution is 7.85. The van der Waals surface area contributed by atoms with Crippen molar-refractivity contribution in [1.29, 1.82) is 0 Å². The molecule has 0 bridgehead atoms. The van der Waals surface area contributed by atoms with Crippen LogP contribution in [0.2, 0.25) is 0 Å². The average Bonchev–Trinajstić information content (AvgIpc) is 2.87. The van der Waals surface area contributed by atoms with Crippen molar-refractivity contribution in [2.24, 2.45) is 0 Å². The van der Waals surface area contributed by atoms with Gasteiger partial charge in [0.2, 0.25) is 0 Å². The Hall–Kier alpha value is -1.51. The Morgan fingerprint density at radius 1 is 1.44 bits per heavy atom. The third kappa shape index (κ3) is 2.66. The van der Waals surface area contributed by atoms with Gasteiger partial charge in [0.1, 0.15) is 17.5 Å². The maximum Gasteiger partial charge on any atom is 0.269 e. The molecule has 98 valence electrons. The second-order valence-corrected chi connectivity index (χ2v) is 5.84. The summed E-state index contributed by atoms with van der Waals surface area (Å²) in [7, 11) is -4.12. The molecule has 1 aliphatic heterocycles. The normalized spacial score (nSPS) is 26.9. The van der Waals surface area contributed by atoms with Crippen molar-refractivity contribution in [2.75, 3.05) is 5.75 Å². The van der Waals surface area contributed by atoms with E-state index in [1.165, 1.54) is 24.3 Å². The van der Waals surface area contributed by atoms with Crippen LogP contribution in [0.3, 0.4) is 0 Å². The fraction of sp³-hybridized carbons (Fsp3) is 0.400. The number of nitro groups is 1. The lowest BCUT2D eigenvalue weighted by Crippen LogP contribution is -2.21. The first-order valence-corrected chi connectivity index (χ1v) is 6.69. The Balaban J connectivity index is 2.14. The third-order valence-corrected chi connectivity index (χ3v) is 3.70. The molecule has 1 N–H and O–H groups in total. The van der Waals surface area contributed by atoms with E-state index < -0.39 is 32.5 Å². The van der Waals surface area contributed by atoms with Gasteiger partial charge in [-0.2, -0.15) is 8.42 Å². The number of nitro benzene ring substituents is 1. The van der Waals surface area contributed by atoms with Crippen LogP contribution in [0.25, 0.3) is 0 Å². The minimum absolute atomic E-state index is 0.0455. The maximum atomic E-state index is 10.8. The standard InChI is InChI=1S/C10H11NO6S/c1-10(6-18(14,15)16)9(17-10)7-2-4-8(5-3-7)11(12)13/h2-5,9H,6H2,1H3,(H,14,15,16)/t9-,10+/m1/s1. The molecule has 0 unspecified atom stereocenters. The first-order valence-electron chi connectivity index (χ1n) is 5.09. The molecular formula is C10H11NO6S. The highest BCUT2D eigenvalue weighted by Crippen LogP contribution is 2.50. The van der Waals surface area contributed by atoms with Gasteiger partial charge in [-0.1, -0.05) is 0 Å². The van der Waals surface area contributed by atoms with E-state index in [9.17, 15) is 18.5 Å². The molecule has 0 amide bonds. The van der Waals surface area contributed by atoms with Crippen LogP contribution < -0.4 is 0 Å². The lowest BCUT2D eigenvalue weighted by molar-refractivity contribution is -0.384. The smallest absolute Gasteiger partial charge is 0.269 e. The SMILES string of the molecule is C[C@@]1(CS(=O)(=O)O)O[C@@H]1c1ccc([N+](=O)[O-])cc1. The number of hydrogen-bond donors (Lipinski definition) is 1. The zero-order valence-corrected chi connectivity index (χ0v) is 10.3. The molecule has 1 fully saturated rings. The third-order valence-electron chi connectivity index (χ3n) is 2.76. The molecule has 2 atom stereocenters. The lowest BCUT2D eigenvalue weighted by atomic mass is 10.0. The Kier molecular flexibility index (Phi) is 2.88. The molecule has 1 aromatic rings. The monoisotopic (exact) mass is 273 g/mol. The van der Waals surface area contributed by atoms with E-state index in [0.29, 0.717) is 5.56 Å². The Morgan fingerprint density at radius 2 is 2.00 bits per heavy atom. The number of ether oxygens (including phenoxy) is 1. The van der Waals surface area contributed by atoms with Gasteiger partial charge in [-0.05, 0) is 24.6 Å². The zero-order valence-electron chi connectivity index (χ0n) is 9.44. The Bertz CT molecular complexity index is 581. The first-order chi connectivity index (χ1) is 8.21. The molecule has 0 spiro atoms. The largest absolute Gasteiger partial charge is 0.360 e. The van der Waals surface area contributed by atoms with Crippen LogP contribution >= 0.6 is 0 Å². The second-order valence-electron chi connectivity index (χ2n) is 4.39. The number of non-ortho nitro benzene ring substituents is 1. The van der Waals surface area contributed by atoms with Crippen LogP contribution in [-0.2, 0) is 14.9 Å². The fourth-order valence-electron chi connectivity index (χ4n) is 1.90. The minimum atomic E-state index is -4.12. The molecule has 0 aromatic heterocycles. The van der Waals surface area contributed by atoms with E-state index in [1.54, 1.807) is 6.92 Å². The molecule has 7 nitrogen and oxygen atoms in total. The summed E-state index contributed by atoms with van der Waals surface area (Å²) in [6.45, 7) is 1.56. The van der Waals surface area contributed by atoms with E-state index in [0.717, 1.165) is 0 Å². The summed E-state index contributed by atoms with van der Waals surface area (Å²) in [5.74, 6) is -0.498. The predicted molar refractivity (Wildman–Crippen MR) is 61.7 cm³/mol. The average molecular weight is 273 g/mol. The highest BCUT2D eigenvalue weighted by Gasteiger charge is 2.55. The summed E-state index contributed by atoms with van der Waals surface area (Å²) >= 11 is 0. The first kappa shape index (κ1) is 12.9. The van der Waals surface area contributed by atoms with Crippen LogP contribution in [0.1, 0.15) is 18.6 Å².